The van der Waals surface area contributed by atoms with Crippen LogP contribution in [0.25, 0.3) is 0 Å². The zero-order valence-electron chi connectivity index (χ0n) is 22.9. The number of likely N-dealkylation sites (tertiary alicyclic amines) is 1. The standard InChI is InChI=1S/C14H20N2.C9H12.C6H12N2.C2H5I/c1-12(14-9-6-10-16(14)2)15-11-13-7-4-3-5-8-13;1-8(2)9-6-4-3-5-7-9;1-3-6(8)4-5(2)7;1-3-2/h3-5,7-8,14-15H,1,6,9-11H2,2H3;3-8H,1-2H3;3,6H,1-2,4,7-8H2;1H2,2H3. The Bertz CT molecular complexity index is 865. The van der Waals surface area contributed by atoms with Crippen molar-refractivity contribution in [1.29, 1.82) is 0 Å². The molecular formula is C31H49IN4. The second-order valence-corrected chi connectivity index (χ2v) is 10.6. The number of alkyl halides is 1. The molecule has 1 fully saturated rings. The highest BCUT2D eigenvalue weighted by molar-refractivity contribution is 14.2. The molecule has 1 heterocycles. The molecule has 2 aromatic carbocycles. The Labute approximate surface area is 231 Å². The Morgan fingerprint density at radius 1 is 1.11 bits per heavy atom. The van der Waals surface area contributed by atoms with Crippen molar-refractivity contribution < 1.29 is 0 Å². The predicted molar refractivity (Wildman–Crippen MR) is 172 cm³/mol. The molecule has 0 saturated carbocycles. The molecule has 2 aromatic rings. The van der Waals surface area contributed by atoms with E-state index in [2.05, 4.69) is 109 Å². The fourth-order valence-corrected chi connectivity index (χ4v) is 3.50. The Morgan fingerprint density at radius 3 is 2.00 bits per heavy atom. The van der Waals surface area contributed by atoms with Crippen molar-refractivity contribution in [3.05, 3.63) is 109 Å². The molecule has 1 saturated heterocycles. The smallest absolute Gasteiger partial charge is 0.0486 e. The zero-order chi connectivity index (χ0) is 27.3. The monoisotopic (exact) mass is 604 g/mol. The first-order valence-electron chi connectivity index (χ1n) is 12.4. The first-order valence-corrected chi connectivity index (χ1v) is 16.1. The van der Waals surface area contributed by atoms with Gasteiger partial charge in [0.2, 0.25) is 0 Å². The van der Waals surface area contributed by atoms with Gasteiger partial charge in [-0.3, -0.25) is 4.90 Å². The summed E-state index contributed by atoms with van der Waals surface area (Å²) in [5.74, 6) is 0.659. The molecule has 1 aliphatic heterocycles. The van der Waals surface area contributed by atoms with Crippen molar-refractivity contribution >= 4 is 25.2 Å². The largest absolute Gasteiger partial charge is 0.402 e. The third-order valence-electron chi connectivity index (χ3n) is 5.55. The molecule has 0 bridgehead atoms. The van der Waals surface area contributed by atoms with Gasteiger partial charge >= 0.3 is 0 Å². The fourth-order valence-electron chi connectivity index (χ4n) is 3.50. The lowest BCUT2D eigenvalue weighted by atomic mass is 10.0. The fraction of sp³-hybridized carbons (Fsp3) is 0.387. The minimum Gasteiger partial charge on any atom is -0.402 e. The molecule has 0 aliphatic carbocycles. The summed E-state index contributed by atoms with van der Waals surface area (Å²) in [4.78, 5) is 4.50. The summed E-state index contributed by atoms with van der Waals surface area (Å²) >= 11 is 0.340. The number of rotatable bonds is 8. The third-order valence-corrected chi connectivity index (χ3v) is 5.55. The van der Waals surface area contributed by atoms with E-state index in [1.54, 1.807) is 6.08 Å². The normalized spacial score (nSPS) is 15.1. The maximum absolute atomic E-state index is 5.42. The molecule has 1 aliphatic rings. The van der Waals surface area contributed by atoms with Crippen molar-refractivity contribution in [2.24, 2.45) is 11.5 Å². The lowest BCUT2D eigenvalue weighted by Crippen LogP contribution is -2.32. The minimum atomic E-state index is -0.0347. The summed E-state index contributed by atoms with van der Waals surface area (Å²) in [6.07, 6.45) is 4.80. The third kappa shape index (κ3) is 16.5. The highest BCUT2D eigenvalue weighted by Gasteiger charge is 2.22. The van der Waals surface area contributed by atoms with Crippen LogP contribution in [0.4, 0.5) is 0 Å². The van der Waals surface area contributed by atoms with E-state index >= 15 is 0 Å². The van der Waals surface area contributed by atoms with Gasteiger partial charge in [0.1, 0.15) is 0 Å². The van der Waals surface area contributed by atoms with E-state index in [9.17, 15) is 0 Å². The molecule has 5 N–H and O–H groups in total. The van der Waals surface area contributed by atoms with Gasteiger partial charge in [-0.2, -0.15) is 0 Å². The topological polar surface area (TPSA) is 67.3 Å². The van der Waals surface area contributed by atoms with Crippen molar-refractivity contribution in [3.63, 3.8) is 0 Å². The predicted octanol–water partition coefficient (Wildman–Crippen LogP) is 6.58. The van der Waals surface area contributed by atoms with Gasteiger partial charge in [-0.15, -0.1) is 27.3 Å². The van der Waals surface area contributed by atoms with E-state index in [4.69, 9.17) is 11.5 Å². The highest BCUT2D eigenvalue weighted by atomic mass is 127. The van der Waals surface area contributed by atoms with Crippen LogP contribution < -0.4 is 16.8 Å². The molecule has 36 heavy (non-hydrogen) atoms. The van der Waals surface area contributed by atoms with Crippen LogP contribution in [0.5, 0.6) is 0 Å². The molecule has 0 amide bonds. The molecule has 3 rings (SSSR count). The van der Waals surface area contributed by atoms with E-state index in [0.717, 1.165) is 12.2 Å². The molecular weight excluding hydrogens is 555 g/mol. The van der Waals surface area contributed by atoms with Gasteiger partial charge < -0.3 is 16.8 Å². The lowest BCUT2D eigenvalue weighted by molar-refractivity contribution is 0.334. The summed E-state index contributed by atoms with van der Waals surface area (Å²) in [5.41, 5.74) is 15.2. The second kappa shape index (κ2) is 20.9. The number of benzene rings is 2. The molecule has 0 radical (unpaired) electrons. The van der Waals surface area contributed by atoms with Crippen LogP contribution in [0, 0.1) is 0 Å². The number of nitrogens with zero attached hydrogens (tertiary/aromatic N) is 1. The van der Waals surface area contributed by atoms with Crippen molar-refractivity contribution in [2.45, 2.75) is 57.7 Å². The van der Waals surface area contributed by atoms with Crippen molar-refractivity contribution in [2.75, 3.05) is 18.5 Å². The zero-order valence-corrected chi connectivity index (χ0v) is 25.1. The number of likely N-dealkylation sites (N-methyl/N-ethyl adjacent to an activating group) is 1. The van der Waals surface area contributed by atoms with Gasteiger partial charge in [0.15, 0.2) is 0 Å². The summed E-state index contributed by atoms with van der Waals surface area (Å²) in [7, 11) is 2.17. The van der Waals surface area contributed by atoms with Crippen molar-refractivity contribution in [1.82, 2.24) is 10.2 Å². The Balaban J connectivity index is 0.000000523. The quantitative estimate of drug-likeness (QED) is 0.181. The molecule has 5 heteroatoms. The summed E-state index contributed by atoms with van der Waals surface area (Å²) in [5, 5.41) is 3.44. The van der Waals surface area contributed by atoms with Gasteiger partial charge in [0.05, 0.1) is 0 Å². The number of halogens is 1. The van der Waals surface area contributed by atoms with Crippen LogP contribution in [0.1, 0.15) is 50.2 Å². The maximum atomic E-state index is 5.42. The summed E-state index contributed by atoms with van der Waals surface area (Å²) in [6.45, 7) is 17.6. The van der Waals surface area contributed by atoms with E-state index in [1.165, 1.54) is 30.5 Å². The van der Waals surface area contributed by atoms with Gasteiger partial charge in [-0.25, -0.2) is 0 Å². The van der Waals surface area contributed by atoms with Crippen LogP contribution in [0.15, 0.2) is 97.9 Å². The lowest BCUT2D eigenvalue weighted by Gasteiger charge is -2.22. The SMILES string of the molecule is C=C(NCc1ccccc1)C1CCCN1C.C=CC(N)CC(=C)N.C=IC.CC(C)c1ccccc1. The maximum Gasteiger partial charge on any atom is 0.0486 e. The number of hydrogen-bond acceptors (Lipinski definition) is 4. The summed E-state index contributed by atoms with van der Waals surface area (Å²) in [6, 6.07) is 21.5. The van der Waals surface area contributed by atoms with Gasteiger partial charge in [0.25, 0.3) is 0 Å². The van der Waals surface area contributed by atoms with Gasteiger partial charge in [-0.05, 0) is 48.4 Å². The second-order valence-electron chi connectivity index (χ2n) is 9.10. The number of nitrogens with two attached hydrogens (primary N) is 2. The van der Waals surface area contributed by atoms with E-state index in [-0.39, 0.29) is 6.04 Å². The average molecular weight is 605 g/mol. The van der Waals surface area contributed by atoms with E-state index < -0.39 is 0 Å². The van der Waals surface area contributed by atoms with E-state index in [1.807, 2.05) is 12.1 Å². The number of hydrogen-bond donors (Lipinski definition) is 3. The van der Waals surface area contributed by atoms with Crippen LogP contribution in [-0.2, 0) is 6.54 Å². The Morgan fingerprint density at radius 2 is 1.64 bits per heavy atom. The van der Waals surface area contributed by atoms with Crippen LogP contribution in [-0.4, -0.2) is 40.0 Å². The Hall–Kier alpha value is -2.22. The van der Waals surface area contributed by atoms with Crippen LogP contribution >= 0.6 is 20.7 Å². The molecule has 200 valence electrons. The Kier molecular flexibility index (Phi) is 19.6. The highest BCUT2D eigenvalue weighted by Crippen LogP contribution is 2.19. The molecule has 2 atom stereocenters. The minimum absolute atomic E-state index is 0.0347. The first-order chi connectivity index (χ1) is 17.2. The van der Waals surface area contributed by atoms with Crippen molar-refractivity contribution in [3.8, 4) is 0 Å². The molecule has 0 spiro atoms. The molecule has 0 aromatic heterocycles. The van der Waals surface area contributed by atoms with Gasteiger partial charge in [0, 0.05) is 36.4 Å². The first kappa shape index (κ1) is 33.8. The van der Waals surface area contributed by atoms with E-state index in [0.29, 0.717) is 44.8 Å². The molecule has 2 unspecified atom stereocenters. The average Bonchev–Trinajstić information content (AvgIpc) is 3.30. The van der Waals surface area contributed by atoms with Crippen LogP contribution in [0.2, 0.25) is 0 Å². The van der Waals surface area contributed by atoms with Crippen LogP contribution in [0.3, 0.4) is 0 Å². The number of nitrogens with one attached hydrogen (secondary N) is 1. The molecule has 4 nitrogen and oxygen atoms in total. The van der Waals surface area contributed by atoms with Gasteiger partial charge in [-0.1, -0.05) is 98.3 Å². The summed E-state index contributed by atoms with van der Waals surface area (Å²) < 4.78 is 3.60.